The fraction of sp³-hybridized carbons (Fsp3) is 0.467. The second-order valence-electron chi connectivity index (χ2n) is 4.68. The number of anilines is 2. The van der Waals surface area contributed by atoms with Gasteiger partial charge in [0.25, 0.3) is 0 Å². The maximum Gasteiger partial charge on any atom is 0.0444 e. The van der Waals surface area contributed by atoms with Crippen molar-refractivity contribution in [2.45, 2.75) is 26.2 Å². The van der Waals surface area contributed by atoms with Crippen LogP contribution in [-0.4, -0.2) is 20.1 Å². The Kier molecular flexibility index (Phi) is 3.72. The maximum absolute atomic E-state index is 4.19. The maximum atomic E-state index is 4.19. The van der Waals surface area contributed by atoms with Crippen molar-refractivity contribution < 1.29 is 0 Å². The average molecular weight is 230 g/mol. The Bertz CT molecular complexity index is 409. The Morgan fingerprint density at radius 1 is 1.41 bits per heavy atom. The molecule has 2 rings (SSSR count). The molecule has 0 bridgehead atoms. The minimum absolute atomic E-state index is 1.09. The molecular weight excluding hydrogens is 208 g/mol. The van der Waals surface area contributed by atoms with Gasteiger partial charge in [-0.05, 0) is 36.6 Å². The van der Waals surface area contributed by atoms with Gasteiger partial charge < -0.3 is 10.2 Å². The summed E-state index contributed by atoms with van der Waals surface area (Å²) in [6, 6.07) is 6.59. The van der Waals surface area contributed by atoms with E-state index in [1.807, 2.05) is 7.05 Å². The first-order chi connectivity index (χ1) is 8.26. The summed E-state index contributed by atoms with van der Waals surface area (Å²) in [4.78, 5) is 2.49. The topological polar surface area (TPSA) is 15.3 Å². The number of hydrogen-bond donors (Lipinski definition) is 1. The van der Waals surface area contributed by atoms with Gasteiger partial charge in [0.05, 0.1) is 0 Å². The number of nitrogens with one attached hydrogen (secondary N) is 1. The molecule has 1 heterocycles. The fourth-order valence-electron chi connectivity index (χ4n) is 2.36. The number of hydrogen-bond acceptors (Lipinski definition) is 2. The fourth-order valence-corrected chi connectivity index (χ4v) is 2.36. The van der Waals surface area contributed by atoms with Gasteiger partial charge in [-0.1, -0.05) is 19.9 Å². The van der Waals surface area contributed by atoms with Crippen LogP contribution in [0, 0.1) is 0 Å². The molecule has 1 aliphatic rings. The quantitative estimate of drug-likeness (QED) is 0.847. The largest absolute Gasteiger partial charge is 0.388 e. The zero-order valence-corrected chi connectivity index (χ0v) is 10.9. The van der Waals surface area contributed by atoms with Crippen LogP contribution in [0.5, 0.6) is 0 Å². The van der Waals surface area contributed by atoms with Gasteiger partial charge in [-0.25, -0.2) is 0 Å². The highest BCUT2D eigenvalue weighted by molar-refractivity contribution is 5.81. The predicted molar refractivity (Wildman–Crippen MR) is 76.8 cm³/mol. The smallest absolute Gasteiger partial charge is 0.0444 e. The molecule has 0 spiro atoms. The summed E-state index contributed by atoms with van der Waals surface area (Å²) in [6.45, 7) is 8.71. The number of unbranched alkanes of at least 4 members (excludes halogenated alkanes) is 1. The molecule has 2 heteroatoms. The molecule has 0 unspecified atom stereocenters. The second kappa shape index (κ2) is 5.26. The average Bonchev–Trinajstić information content (AvgIpc) is 2.38. The Hall–Kier alpha value is -1.44. The van der Waals surface area contributed by atoms with Crippen molar-refractivity contribution in [3.05, 3.63) is 30.3 Å². The zero-order valence-electron chi connectivity index (χ0n) is 10.9. The van der Waals surface area contributed by atoms with Gasteiger partial charge >= 0.3 is 0 Å². The number of nitrogens with zero attached hydrogens (tertiary/aromatic N) is 1. The Morgan fingerprint density at radius 2 is 2.24 bits per heavy atom. The molecule has 1 aromatic rings. The number of rotatable bonds is 4. The van der Waals surface area contributed by atoms with E-state index < -0.39 is 0 Å². The van der Waals surface area contributed by atoms with Gasteiger partial charge in [-0.2, -0.15) is 0 Å². The first-order valence-electron chi connectivity index (χ1n) is 6.51. The van der Waals surface area contributed by atoms with Gasteiger partial charge in [0.2, 0.25) is 0 Å². The Balaban J connectivity index is 2.29. The molecule has 0 saturated carbocycles. The first kappa shape index (κ1) is 12.0. The van der Waals surface area contributed by atoms with E-state index in [2.05, 4.69) is 41.9 Å². The summed E-state index contributed by atoms with van der Waals surface area (Å²) in [7, 11) is 1.96. The van der Waals surface area contributed by atoms with Crippen molar-refractivity contribution in [1.82, 2.24) is 0 Å². The summed E-state index contributed by atoms with van der Waals surface area (Å²) < 4.78 is 0. The summed E-state index contributed by atoms with van der Waals surface area (Å²) in [5.41, 5.74) is 5.11. The third-order valence-electron chi connectivity index (χ3n) is 3.47. The van der Waals surface area contributed by atoms with Crippen molar-refractivity contribution in [3.8, 4) is 0 Å². The van der Waals surface area contributed by atoms with E-state index in [9.17, 15) is 0 Å². The van der Waals surface area contributed by atoms with Crippen LogP contribution in [0.2, 0.25) is 0 Å². The van der Waals surface area contributed by atoms with Crippen LogP contribution < -0.4 is 10.2 Å². The molecule has 17 heavy (non-hydrogen) atoms. The van der Waals surface area contributed by atoms with E-state index in [4.69, 9.17) is 0 Å². The lowest BCUT2D eigenvalue weighted by Gasteiger charge is -2.32. The lowest BCUT2D eigenvalue weighted by Crippen LogP contribution is -2.29. The van der Waals surface area contributed by atoms with Crippen molar-refractivity contribution in [2.75, 3.05) is 30.4 Å². The van der Waals surface area contributed by atoms with Crippen molar-refractivity contribution in [1.29, 1.82) is 0 Å². The normalized spacial score (nSPS) is 14.7. The minimum atomic E-state index is 1.09. The van der Waals surface area contributed by atoms with Gasteiger partial charge in [-0.15, -0.1) is 0 Å². The molecule has 0 radical (unpaired) electrons. The SMILES string of the molecule is C=C1CCN(CCCC)c2ccc(NC)cc21. The molecule has 92 valence electrons. The predicted octanol–water partition coefficient (Wildman–Crippen LogP) is 3.75. The van der Waals surface area contributed by atoms with E-state index >= 15 is 0 Å². The number of fused-ring (bicyclic) bond motifs is 1. The molecule has 0 fully saturated rings. The third-order valence-corrected chi connectivity index (χ3v) is 3.47. The van der Waals surface area contributed by atoms with E-state index in [-0.39, 0.29) is 0 Å². The highest BCUT2D eigenvalue weighted by atomic mass is 15.1. The van der Waals surface area contributed by atoms with E-state index in [0.717, 1.165) is 19.5 Å². The molecule has 1 aliphatic heterocycles. The highest BCUT2D eigenvalue weighted by Crippen LogP contribution is 2.35. The van der Waals surface area contributed by atoms with Crippen molar-refractivity contribution >= 4 is 16.9 Å². The second-order valence-corrected chi connectivity index (χ2v) is 4.68. The first-order valence-corrected chi connectivity index (χ1v) is 6.51. The monoisotopic (exact) mass is 230 g/mol. The summed E-state index contributed by atoms with van der Waals surface area (Å²) in [5, 5.41) is 3.20. The van der Waals surface area contributed by atoms with Crippen molar-refractivity contribution in [3.63, 3.8) is 0 Å². The van der Waals surface area contributed by atoms with Gasteiger partial charge in [0.15, 0.2) is 0 Å². The minimum Gasteiger partial charge on any atom is -0.388 e. The molecule has 0 amide bonds. The van der Waals surface area contributed by atoms with Gasteiger partial charge in [0.1, 0.15) is 0 Å². The van der Waals surface area contributed by atoms with Crippen molar-refractivity contribution in [2.24, 2.45) is 0 Å². The van der Waals surface area contributed by atoms with Crippen LogP contribution in [0.15, 0.2) is 24.8 Å². The summed E-state index contributed by atoms with van der Waals surface area (Å²) in [5.74, 6) is 0. The third kappa shape index (κ3) is 2.46. The standard InChI is InChI=1S/C15H22N2/c1-4-5-9-17-10-8-12(2)14-11-13(16-3)6-7-15(14)17/h6-7,11,16H,2,4-5,8-10H2,1,3H3. The summed E-state index contributed by atoms with van der Waals surface area (Å²) in [6.07, 6.45) is 3.60. The lowest BCUT2D eigenvalue weighted by molar-refractivity contribution is 0.710. The van der Waals surface area contributed by atoms with Crippen LogP contribution >= 0.6 is 0 Å². The van der Waals surface area contributed by atoms with Crippen LogP contribution in [-0.2, 0) is 0 Å². The molecule has 0 aromatic heterocycles. The molecule has 1 aromatic carbocycles. The molecule has 1 N–H and O–H groups in total. The summed E-state index contributed by atoms with van der Waals surface area (Å²) >= 11 is 0. The molecular formula is C15H22N2. The van der Waals surface area contributed by atoms with E-state index in [1.54, 1.807) is 0 Å². The highest BCUT2D eigenvalue weighted by Gasteiger charge is 2.18. The Labute approximate surface area is 104 Å². The van der Waals surface area contributed by atoms with Gasteiger partial charge in [-0.3, -0.25) is 0 Å². The molecule has 0 aliphatic carbocycles. The molecule has 0 atom stereocenters. The zero-order chi connectivity index (χ0) is 12.3. The Morgan fingerprint density at radius 3 is 2.94 bits per heavy atom. The van der Waals surface area contributed by atoms with Crippen LogP contribution in [0.25, 0.3) is 5.57 Å². The van der Waals surface area contributed by atoms with Crippen LogP contribution in [0.1, 0.15) is 31.7 Å². The van der Waals surface area contributed by atoms with Gasteiger partial charge in [0, 0.05) is 37.1 Å². The number of benzene rings is 1. The van der Waals surface area contributed by atoms with Crippen LogP contribution in [0.3, 0.4) is 0 Å². The van der Waals surface area contributed by atoms with E-state index in [0.29, 0.717) is 0 Å². The molecule has 0 saturated heterocycles. The lowest BCUT2D eigenvalue weighted by atomic mass is 9.96. The van der Waals surface area contributed by atoms with E-state index in [1.165, 1.54) is 35.4 Å². The van der Waals surface area contributed by atoms with Crippen LogP contribution in [0.4, 0.5) is 11.4 Å². The molecule has 2 nitrogen and oxygen atoms in total.